The Labute approximate surface area is 192 Å². The molecule has 0 radical (unpaired) electrons. The Hall–Kier alpha value is -0.450. The summed E-state index contributed by atoms with van der Waals surface area (Å²) < 4.78 is 5.36. The molecule has 1 atom stereocenters. The highest BCUT2D eigenvalue weighted by molar-refractivity contribution is 14.0. The minimum Gasteiger partial charge on any atom is -0.375 e. The van der Waals surface area contributed by atoms with Gasteiger partial charge in [-0.25, -0.2) is 4.98 Å². The van der Waals surface area contributed by atoms with E-state index in [9.17, 15) is 0 Å². The predicted molar refractivity (Wildman–Crippen MR) is 130 cm³/mol. The van der Waals surface area contributed by atoms with Crippen LogP contribution >= 0.6 is 35.3 Å². The van der Waals surface area contributed by atoms with Crippen molar-refractivity contribution < 1.29 is 4.74 Å². The summed E-state index contributed by atoms with van der Waals surface area (Å²) in [6, 6.07) is 0. The van der Waals surface area contributed by atoms with Crippen LogP contribution in [0.3, 0.4) is 0 Å². The van der Waals surface area contributed by atoms with Gasteiger partial charge in [-0.05, 0) is 58.7 Å². The van der Waals surface area contributed by atoms with E-state index >= 15 is 0 Å². The number of methoxy groups -OCH3 is 1. The third-order valence-corrected chi connectivity index (χ3v) is 6.37. The molecule has 1 aromatic heterocycles. The summed E-state index contributed by atoms with van der Waals surface area (Å²) in [5, 5.41) is 6.56. The smallest absolute Gasteiger partial charge is 0.194 e. The molecule has 1 aromatic rings. The van der Waals surface area contributed by atoms with Crippen LogP contribution in [-0.4, -0.2) is 67.6 Å². The van der Waals surface area contributed by atoms with Crippen LogP contribution in [0.25, 0.3) is 0 Å². The van der Waals surface area contributed by atoms with Crippen molar-refractivity contribution in [1.29, 1.82) is 0 Å². The van der Waals surface area contributed by atoms with Crippen LogP contribution in [0.5, 0.6) is 0 Å². The monoisotopic (exact) mass is 523 g/mol. The van der Waals surface area contributed by atoms with E-state index < -0.39 is 0 Å². The maximum atomic E-state index is 5.36. The highest BCUT2D eigenvalue weighted by Crippen LogP contribution is 2.21. The van der Waals surface area contributed by atoms with Gasteiger partial charge in [-0.1, -0.05) is 6.92 Å². The number of hydrogen-bond donors (Lipinski definition) is 1. The van der Waals surface area contributed by atoms with Crippen molar-refractivity contribution in [2.45, 2.75) is 52.7 Å². The summed E-state index contributed by atoms with van der Waals surface area (Å²) >= 11 is 1.66. The molecule has 2 rings (SSSR count). The Morgan fingerprint density at radius 1 is 1.43 bits per heavy atom. The maximum absolute atomic E-state index is 5.36. The number of piperidine rings is 1. The summed E-state index contributed by atoms with van der Waals surface area (Å²) in [6.45, 7) is 12.6. The normalized spacial score (nSPS) is 17.2. The average molecular weight is 524 g/mol. The van der Waals surface area contributed by atoms with Gasteiger partial charge in [0.05, 0.1) is 12.2 Å². The molecule has 1 unspecified atom stereocenters. The number of hydrogen-bond acceptors (Lipinski definition) is 5. The fraction of sp³-hybridized carbons (Fsp3) is 0.800. The predicted octanol–water partition coefficient (Wildman–Crippen LogP) is 3.99. The van der Waals surface area contributed by atoms with Gasteiger partial charge in [0.1, 0.15) is 11.1 Å². The molecular weight excluding hydrogens is 485 g/mol. The van der Waals surface area contributed by atoms with Crippen molar-refractivity contribution in [2.75, 3.05) is 46.9 Å². The van der Waals surface area contributed by atoms with Crippen molar-refractivity contribution >= 4 is 41.3 Å². The first-order valence-corrected chi connectivity index (χ1v) is 11.1. The highest BCUT2D eigenvalue weighted by atomic mass is 127. The summed E-state index contributed by atoms with van der Waals surface area (Å²) in [4.78, 5) is 14.3. The number of nitrogens with one attached hydrogen (secondary N) is 1. The van der Waals surface area contributed by atoms with Crippen molar-refractivity contribution in [2.24, 2.45) is 10.9 Å². The van der Waals surface area contributed by atoms with Crippen LogP contribution in [-0.2, 0) is 11.3 Å². The molecule has 1 N–H and O–H groups in total. The van der Waals surface area contributed by atoms with Gasteiger partial charge in [0, 0.05) is 32.6 Å². The van der Waals surface area contributed by atoms with Gasteiger partial charge in [0.15, 0.2) is 5.96 Å². The Kier molecular flexibility index (Phi) is 12.5. The van der Waals surface area contributed by atoms with Crippen LogP contribution < -0.4 is 5.32 Å². The number of aromatic nitrogens is 1. The lowest BCUT2D eigenvalue weighted by molar-refractivity contribution is 0.119. The quantitative estimate of drug-likeness (QED) is 0.302. The number of guanidine groups is 1. The second-order valence-electron chi connectivity index (χ2n) is 7.31. The van der Waals surface area contributed by atoms with E-state index in [0.29, 0.717) is 0 Å². The molecule has 28 heavy (non-hydrogen) atoms. The average Bonchev–Trinajstić information content (AvgIpc) is 3.15. The number of thiazole rings is 1. The van der Waals surface area contributed by atoms with Crippen LogP contribution in [0.1, 0.15) is 56.8 Å². The lowest BCUT2D eigenvalue weighted by Crippen LogP contribution is -2.39. The molecule has 0 bridgehead atoms. The summed E-state index contributed by atoms with van der Waals surface area (Å²) in [5.74, 6) is 1.79. The van der Waals surface area contributed by atoms with E-state index in [1.54, 1.807) is 18.4 Å². The SMILES string of the molecule is CCNC(=NCCC1CCN(CC)CC1)N(C)Cc1csc(C(C)OC)n1.I. The van der Waals surface area contributed by atoms with E-state index in [2.05, 4.69) is 41.4 Å². The van der Waals surface area contributed by atoms with E-state index in [4.69, 9.17) is 14.7 Å². The minimum atomic E-state index is 0. The number of aliphatic imine (C=N–C) groups is 1. The zero-order chi connectivity index (χ0) is 19.6. The van der Waals surface area contributed by atoms with Gasteiger partial charge < -0.3 is 19.9 Å². The Bertz CT molecular complexity index is 575. The number of likely N-dealkylation sites (tertiary alicyclic amines) is 1. The molecule has 8 heteroatoms. The first kappa shape index (κ1) is 25.6. The molecule has 0 saturated carbocycles. The molecule has 162 valence electrons. The molecule has 1 aliphatic rings. The second-order valence-corrected chi connectivity index (χ2v) is 8.20. The second kappa shape index (κ2) is 13.7. The van der Waals surface area contributed by atoms with Crippen LogP contribution in [0, 0.1) is 5.92 Å². The number of ether oxygens (including phenoxy) is 1. The molecule has 1 saturated heterocycles. The number of halogens is 1. The topological polar surface area (TPSA) is 53.0 Å². The molecule has 1 aliphatic heterocycles. The molecule has 0 spiro atoms. The van der Waals surface area contributed by atoms with Gasteiger partial charge in [-0.2, -0.15) is 0 Å². The molecular formula is C20H38IN5OS. The van der Waals surface area contributed by atoms with Gasteiger partial charge in [0.2, 0.25) is 0 Å². The molecule has 6 nitrogen and oxygen atoms in total. The zero-order valence-electron chi connectivity index (χ0n) is 18.1. The van der Waals surface area contributed by atoms with E-state index in [-0.39, 0.29) is 30.1 Å². The Morgan fingerprint density at radius 3 is 2.75 bits per heavy atom. The third kappa shape index (κ3) is 8.12. The fourth-order valence-corrected chi connectivity index (χ4v) is 4.26. The lowest BCUT2D eigenvalue weighted by Gasteiger charge is -2.30. The van der Waals surface area contributed by atoms with Crippen molar-refractivity contribution in [1.82, 2.24) is 20.1 Å². The van der Waals surface area contributed by atoms with Crippen molar-refractivity contribution in [3.63, 3.8) is 0 Å². The van der Waals surface area contributed by atoms with Gasteiger partial charge in [-0.15, -0.1) is 35.3 Å². The fourth-order valence-electron chi connectivity index (χ4n) is 3.41. The molecule has 0 aliphatic carbocycles. The molecule has 0 amide bonds. The largest absolute Gasteiger partial charge is 0.375 e. The zero-order valence-corrected chi connectivity index (χ0v) is 21.3. The summed E-state index contributed by atoms with van der Waals surface area (Å²) in [7, 11) is 3.81. The van der Waals surface area contributed by atoms with Crippen molar-refractivity contribution in [3.8, 4) is 0 Å². The molecule has 1 fully saturated rings. The standard InChI is InChI=1S/C20H37N5OS.HI/c1-6-21-20(22-11-8-17-9-12-25(7-2)13-10-17)24(4)14-18-15-27-19(23-18)16(3)26-5;/h15-17H,6-14H2,1-5H3,(H,21,22);1H. The highest BCUT2D eigenvalue weighted by Gasteiger charge is 2.18. The van der Waals surface area contributed by atoms with Gasteiger partial charge in [-0.3, -0.25) is 4.99 Å². The van der Waals surface area contributed by atoms with Crippen LogP contribution in [0.2, 0.25) is 0 Å². The maximum Gasteiger partial charge on any atom is 0.194 e. The van der Waals surface area contributed by atoms with E-state index in [1.807, 2.05) is 6.92 Å². The number of nitrogens with zero attached hydrogens (tertiary/aromatic N) is 4. The summed E-state index contributed by atoms with van der Waals surface area (Å²) in [5.41, 5.74) is 1.07. The van der Waals surface area contributed by atoms with Crippen LogP contribution in [0.4, 0.5) is 0 Å². The van der Waals surface area contributed by atoms with Crippen molar-refractivity contribution in [3.05, 3.63) is 16.1 Å². The van der Waals surface area contributed by atoms with Gasteiger partial charge in [0.25, 0.3) is 0 Å². The van der Waals surface area contributed by atoms with E-state index in [1.165, 1.54) is 38.9 Å². The number of rotatable bonds is 9. The Morgan fingerprint density at radius 2 is 2.14 bits per heavy atom. The summed E-state index contributed by atoms with van der Waals surface area (Å²) in [6.07, 6.45) is 3.87. The Balaban J connectivity index is 0.00000392. The van der Waals surface area contributed by atoms with E-state index in [0.717, 1.165) is 42.2 Å². The van der Waals surface area contributed by atoms with Gasteiger partial charge >= 0.3 is 0 Å². The molecule has 0 aromatic carbocycles. The minimum absolute atomic E-state index is 0. The van der Waals surface area contributed by atoms with Crippen LogP contribution in [0.15, 0.2) is 10.4 Å². The third-order valence-electron chi connectivity index (χ3n) is 5.32. The first-order chi connectivity index (χ1) is 13.1. The lowest BCUT2D eigenvalue weighted by atomic mass is 9.94. The first-order valence-electron chi connectivity index (χ1n) is 10.3. The molecule has 2 heterocycles.